The van der Waals surface area contributed by atoms with Crippen molar-refractivity contribution in [3.05, 3.63) is 53.2 Å². The minimum atomic E-state index is -4.60. The molecule has 2 aromatic rings. The molecule has 1 aromatic carbocycles. The van der Waals surface area contributed by atoms with Crippen molar-refractivity contribution in [1.29, 1.82) is 0 Å². The molecule has 1 saturated heterocycles. The van der Waals surface area contributed by atoms with Gasteiger partial charge in [0.25, 0.3) is 0 Å². The zero-order valence-electron chi connectivity index (χ0n) is 17.3. The largest absolute Gasteiger partial charge is 0.481 e. The van der Waals surface area contributed by atoms with Crippen LogP contribution in [0, 0.1) is 6.92 Å². The van der Waals surface area contributed by atoms with E-state index in [0.29, 0.717) is 17.3 Å². The number of aliphatic carboxylic acids is 2. The van der Waals surface area contributed by atoms with Gasteiger partial charge in [0.2, 0.25) is 10.0 Å². The molecule has 2 N–H and O–H groups in total. The molecule has 13 heteroatoms. The van der Waals surface area contributed by atoms with Crippen LogP contribution in [-0.4, -0.2) is 65.5 Å². The van der Waals surface area contributed by atoms with Gasteiger partial charge in [0.15, 0.2) is 0 Å². The standard InChI is InChI=1S/C20H20F3N3O6S/c1-12-2-4-15(8-13(12)9-18(27)28)33(31,32)25-6-7-26(16(11-25)19(29)30)17-5-3-14(10-24-17)20(21,22)23/h2-5,8,10,16H,6-7,9,11H2,1H3,(H,27,28)(H,29,30). The Hall–Kier alpha value is -3.19. The van der Waals surface area contributed by atoms with Crippen molar-refractivity contribution < 1.29 is 41.4 Å². The number of halogens is 3. The van der Waals surface area contributed by atoms with Gasteiger partial charge in [-0.05, 0) is 42.3 Å². The van der Waals surface area contributed by atoms with E-state index in [0.717, 1.165) is 16.4 Å². The molecule has 1 aromatic heterocycles. The lowest BCUT2D eigenvalue weighted by Gasteiger charge is -2.39. The van der Waals surface area contributed by atoms with Crippen LogP contribution in [0.4, 0.5) is 19.0 Å². The summed E-state index contributed by atoms with van der Waals surface area (Å²) in [6.07, 6.45) is -4.38. The van der Waals surface area contributed by atoms with Crippen LogP contribution in [0.1, 0.15) is 16.7 Å². The fourth-order valence-corrected chi connectivity index (χ4v) is 4.98. The van der Waals surface area contributed by atoms with Gasteiger partial charge >= 0.3 is 18.1 Å². The van der Waals surface area contributed by atoms with Gasteiger partial charge < -0.3 is 15.1 Å². The molecule has 1 aliphatic rings. The highest BCUT2D eigenvalue weighted by Crippen LogP contribution is 2.30. The molecule has 0 amide bonds. The monoisotopic (exact) mass is 487 g/mol. The normalized spacial score (nSPS) is 17.7. The summed E-state index contributed by atoms with van der Waals surface area (Å²) in [4.78, 5) is 27.7. The van der Waals surface area contributed by atoms with Crippen LogP contribution < -0.4 is 4.90 Å². The Kier molecular flexibility index (Phi) is 6.65. The molecule has 1 fully saturated rings. The number of hydrogen-bond donors (Lipinski definition) is 2. The van der Waals surface area contributed by atoms with E-state index in [9.17, 15) is 36.3 Å². The fourth-order valence-electron chi connectivity index (χ4n) is 3.50. The van der Waals surface area contributed by atoms with Gasteiger partial charge in [-0.25, -0.2) is 18.2 Å². The van der Waals surface area contributed by atoms with Gasteiger partial charge in [-0.1, -0.05) is 6.07 Å². The lowest BCUT2D eigenvalue weighted by molar-refractivity contribution is -0.139. The molecular formula is C20H20F3N3O6S. The lowest BCUT2D eigenvalue weighted by Crippen LogP contribution is -2.58. The van der Waals surface area contributed by atoms with Crippen LogP contribution in [0.5, 0.6) is 0 Å². The van der Waals surface area contributed by atoms with Gasteiger partial charge in [-0.15, -0.1) is 0 Å². The molecular weight excluding hydrogens is 467 g/mol. The Labute approximate surface area is 187 Å². The smallest absolute Gasteiger partial charge is 0.417 e. The van der Waals surface area contributed by atoms with E-state index in [-0.39, 0.29) is 30.2 Å². The molecule has 1 aliphatic heterocycles. The number of carboxylic acid groups (broad SMARTS) is 2. The molecule has 0 saturated carbocycles. The van der Waals surface area contributed by atoms with E-state index >= 15 is 0 Å². The molecule has 1 atom stereocenters. The van der Waals surface area contributed by atoms with Crippen molar-refractivity contribution in [3.63, 3.8) is 0 Å². The van der Waals surface area contributed by atoms with Crippen LogP contribution in [0.25, 0.3) is 0 Å². The molecule has 1 unspecified atom stereocenters. The van der Waals surface area contributed by atoms with Crippen molar-refractivity contribution in [3.8, 4) is 0 Å². The van der Waals surface area contributed by atoms with Crippen LogP contribution >= 0.6 is 0 Å². The summed E-state index contributed by atoms with van der Waals surface area (Å²) in [6, 6.07) is 4.47. The van der Waals surface area contributed by atoms with Gasteiger partial charge in [0.05, 0.1) is 16.9 Å². The van der Waals surface area contributed by atoms with E-state index in [4.69, 9.17) is 5.11 Å². The zero-order chi connectivity index (χ0) is 24.6. The number of benzene rings is 1. The first-order chi connectivity index (χ1) is 15.3. The van der Waals surface area contributed by atoms with E-state index in [1.165, 1.54) is 23.1 Å². The van der Waals surface area contributed by atoms with E-state index < -0.39 is 46.3 Å². The van der Waals surface area contributed by atoms with Crippen molar-refractivity contribution in [2.75, 3.05) is 24.5 Å². The Balaban J connectivity index is 1.87. The van der Waals surface area contributed by atoms with Crippen LogP contribution in [-0.2, 0) is 32.2 Å². The number of carboxylic acids is 2. The number of rotatable bonds is 6. The van der Waals surface area contributed by atoms with E-state index in [1.807, 2.05) is 0 Å². The molecule has 2 heterocycles. The lowest BCUT2D eigenvalue weighted by atomic mass is 10.1. The molecule has 3 rings (SSSR count). The minimum Gasteiger partial charge on any atom is -0.481 e. The second kappa shape index (κ2) is 8.98. The van der Waals surface area contributed by atoms with E-state index in [1.54, 1.807) is 6.92 Å². The zero-order valence-corrected chi connectivity index (χ0v) is 18.1. The van der Waals surface area contributed by atoms with Gasteiger partial charge in [0, 0.05) is 25.8 Å². The average Bonchev–Trinajstić information content (AvgIpc) is 2.74. The van der Waals surface area contributed by atoms with Crippen molar-refractivity contribution in [2.24, 2.45) is 0 Å². The first-order valence-corrected chi connectivity index (χ1v) is 11.1. The van der Waals surface area contributed by atoms with Gasteiger partial charge in [-0.3, -0.25) is 4.79 Å². The summed E-state index contributed by atoms with van der Waals surface area (Å²) in [7, 11) is -4.15. The first kappa shape index (κ1) is 24.5. The SMILES string of the molecule is Cc1ccc(S(=O)(=O)N2CCN(c3ccc(C(F)(F)F)cn3)C(C(=O)O)C2)cc1CC(=O)O. The molecule has 0 spiro atoms. The summed E-state index contributed by atoms with van der Waals surface area (Å²) in [5.74, 6) is -2.52. The second-order valence-corrected chi connectivity index (χ2v) is 9.41. The van der Waals surface area contributed by atoms with Crippen molar-refractivity contribution >= 4 is 27.8 Å². The summed E-state index contributed by atoms with van der Waals surface area (Å²) >= 11 is 0. The number of aromatic nitrogens is 1. The minimum absolute atomic E-state index is 0.0217. The number of hydrogen-bond acceptors (Lipinski definition) is 6. The predicted molar refractivity (Wildman–Crippen MR) is 109 cm³/mol. The number of piperazine rings is 1. The van der Waals surface area contributed by atoms with Gasteiger partial charge in [0.1, 0.15) is 11.9 Å². The maximum atomic E-state index is 13.1. The second-order valence-electron chi connectivity index (χ2n) is 7.47. The Bertz CT molecular complexity index is 1170. The highest BCUT2D eigenvalue weighted by atomic mass is 32.2. The van der Waals surface area contributed by atoms with Crippen molar-refractivity contribution in [1.82, 2.24) is 9.29 Å². The van der Waals surface area contributed by atoms with E-state index in [2.05, 4.69) is 4.98 Å². The number of pyridine rings is 1. The van der Waals surface area contributed by atoms with Crippen LogP contribution in [0.15, 0.2) is 41.4 Å². The Morgan fingerprint density at radius 2 is 1.85 bits per heavy atom. The molecule has 9 nitrogen and oxygen atoms in total. The molecule has 178 valence electrons. The van der Waals surface area contributed by atoms with Crippen LogP contribution in [0.2, 0.25) is 0 Å². The van der Waals surface area contributed by atoms with Gasteiger partial charge in [-0.2, -0.15) is 17.5 Å². The number of aryl methyl sites for hydroxylation is 1. The Morgan fingerprint density at radius 1 is 1.15 bits per heavy atom. The topological polar surface area (TPSA) is 128 Å². The maximum absolute atomic E-state index is 13.1. The third kappa shape index (κ3) is 5.25. The third-order valence-corrected chi connectivity index (χ3v) is 7.16. The summed E-state index contributed by atoms with van der Waals surface area (Å²) in [5.41, 5.74) is -0.0835. The number of carbonyl (C=O) groups is 2. The molecule has 0 aliphatic carbocycles. The Morgan fingerprint density at radius 3 is 2.39 bits per heavy atom. The summed E-state index contributed by atoms with van der Waals surface area (Å²) in [6.45, 7) is 0.910. The quantitative estimate of drug-likeness (QED) is 0.633. The number of anilines is 1. The predicted octanol–water partition coefficient (Wildman–Crippen LogP) is 2.00. The molecule has 0 bridgehead atoms. The maximum Gasteiger partial charge on any atom is 0.417 e. The summed E-state index contributed by atoms with van der Waals surface area (Å²) < 4.78 is 65.6. The number of sulfonamides is 1. The first-order valence-electron chi connectivity index (χ1n) is 9.65. The highest BCUT2D eigenvalue weighted by molar-refractivity contribution is 7.89. The highest BCUT2D eigenvalue weighted by Gasteiger charge is 2.39. The fraction of sp³-hybridized carbons (Fsp3) is 0.350. The molecule has 0 radical (unpaired) electrons. The average molecular weight is 487 g/mol. The number of alkyl halides is 3. The van der Waals surface area contributed by atoms with Crippen LogP contribution in [0.3, 0.4) is 0 Å². The van der Waals surface area contributed by atoms with Crippen molar-refractivity contribution in [2.45, 2.75) is 30.5 Å². The third-order valence-electron chi connectivity index (χ3n) is 5.30. The number of nitrogens with zero attached hydrogens (tertiary/aromatic N) is 3. The summed E-state index contributed by atoms with van der Waals surface area (Å²) in [5, 5.41) is 18.7. The molecule has 33 heavy (non-hydrogen) atoms.